The number of hydrogen-bond acceptors (Lipinski definition) is 3. The van der Waals surface area contributed by atoms with Crippen molar-refractivity contribution >= 4 is 11.6 Å². The highest BCUT2D eigenvalue weighted by atomic mass is 16.1. The number of nitrogens with zero attached hydrogens (tertiary/aromatic N) is 2. The maximum absolute atomic E-state index is 11.8. The van der Waals surface area contributed by atoms with Gasteiger partial charge < -0.3 is 11.1 Å². The summed E-state index contributed by atoms with van der Waals surface area (Å²) in [5.74, 6) is -0.00646. The average molecular weight is 258 g/mol. The summed E-state index contributed by atoms with van der Waals surface area (Å²) in [6.07, 6.45) is 2.14. The van der Waals surface area contributed by atoms with Gasteiger partial charge in [-0.2, -0.15) is 5.10 Å². The van der Waals surface area contributed by atoms with E-state index in [0.29, 0.717) is 18.7 Å². The van der Waals surface area contributed by atoms with Gasteiger partial charge in [-0.3, -0.25) is 9.48 Å². The minimum Gasteiger partial charge on any atom is -0.399 e. The van der Waals surface area contributed by atoms with E-state index in [2.05, 4.69) is 10.4 Å². The van der Waals surface area contributed by atoms with Gasteiger partial charge in [0.05, 0.1) is 12.6 Å². The number of nitrogen functional groups attached to an aromatic ring is 1. The van der Waals surface area contributed by atoms with Crippen LogP contribution < -0.4 is 11.1 Å². The highest BCUT2D eigenvalue weighted by Crippen LogP contribution is 2.07. The fourth-order valence-electron chi connectivity index (χ4n) is 1.79. The Morgan fingerprint density at radius 1 is 1.37 bits per heavy atom. The van der Waals surface area contributed by atoms with Gasteiger partial charge in [0.1, 0.15) is 0 Å². The molecule has 0 radical (unpaired) electrons. The van der Waals surface area contributed by atoms with Crippen molar-refractivity contribution in [2.24, 2.45) is 7.05 Å². The van der Waals surface area contributed by atoms with Crippen molar-refractivity contribution in [3.63, 3.8) is 0 Å². The van der Waals surface area contributed by atoms with Crippen LogP contribution in [0.25, 0.3) is 0 Å². The van der Waals surface area contributed by atoms with Crippen LogP contribution in [0.2, 0.25) is 0 Å². The molecule has 0 aliphatic rings. The van der Waals surface area contributed by atoms with E-state index in [4.69, 9.17) is 5.73 Å². The van der Waals surface area contributed by atoms with Gasteiger partial charge in [-0.05, 0) is 24.6 Å². The average Bonchev–Trinajstić information content (AvgIpc) is 2.70. The van der Waals surface area contributed by atoms with Crippen LogP contribution in [0.3, 0.4) is 0 Å². The standard InChI is InChI=1S/C14H18N4O/c1-10-12(9-17-18(10)2)8-16-14(19)7-11-3-5-13(15)6-4-11/h3-6,9H,7-8,15H2,1-2H3,(H,16,19). The molecule has 5 nitrogen and oxygen atoms in total. The van der Waals surface area contributed by atoms with Gasteiger partial charge in [0.2, 0.25) is 5.91 Å². The Hall–Kier alpha value is -2.30. The largest absolute Gasteiger partial charge is 0.399 e. The normalized spacial score (nSPS) is 10.4. The van der Waals surface area contributed by atoms with Gasteiger partial charge in [-0.25, -0.2) is 0 Å². The number of hydrogen-bond donors (Lipinski definition) is 2. The first kappa shape index (κ1) is 13.1. The Labute approximate surface area is 112 Å². The van der Waals surface area contributed by atoms with Crippen LogP contribution in [0.4, 0.5) is 5.69 Å². The molecule has 0 fully saturated rings. The summed E-state index contributed by atoms with van der Waals surface area (Å²) in [7, 11) is 1.88. The van der Waals surface area contributed by atoms with Crippen LogP contribution >= 0.6 is 0 Å². The van der Waals surface area contributed by atoms with Crippen molar-refractivity contribution < 1.29 is 4.79 Å². The number of nitrogens with two attached hydrogens (primary N) is 1. The van der Waals surface area contributed by atoms with Crippen molar-refractivity contribution in [3.05, 3.63) is 47.3 Å². The molecule has 0 saturated carbocycles. The van der Waals surface area contributed by atoms with E-state index >= 15 is 0 Å². The van der Waals surface area contributed by atoms with Crippen LogP contribution in [-0.4, -0.2) is 15.7 Å². The van der Waals surface area contributed by atoms with Gasteiger partial charge in [0.25, 0.3) is 0 Å². The summed E-state index contributed by atoms with van der Waals surface area (Å²) in [6, 6.07) is 7.33. The maximum Gasteiger partial charge on any atom is 0.224 e. The Morgan fingerprint density at radius 3 is 2.63 bits per heavy atom. The van der Waals surface area contributed by atoms with E-state index < -0.39 is 0 Å². The zero-order valence-corrected chi connectivity index (χ0v) is 11.2. The lowest BCUT2D eigenvalue weighted by molar-refractivity contribution is -0.120. The van der Waals surface area contributed by atoms with Crippen LogP contribution in [-0.2, 0) is 24.8 Å². The first-order valence-electron chi connectivity index (χ1n) is 6.15. The summed E-state index contributed by atoms with van der Waals surface area (Å²) in [4.78, 5) is 11.8. The molecule has 5 heteroatoms. The molecule has 1 heterocycles. The molecule has 0 atom stereocenters. The molecule has 3 N–H and O–H groups in total. The highest BCUT2D eigenvalue weighted by Gasteiger charge is 2.06. The monoisotopic (exact) mass is 258 g/mol. The summed E-state index contributed by atoms with van der Waals surface area (Å²) in [5.41, 5.74) is 9.36. The lowest BCUT2D eigenvalue weighted by atomic mass is 10.1. The number of carbonyl (C=O) groups excluding carboxylic acids is 1. The molecular weight excluding hydrogens is 240 g/mol. The number of carbonyl (C=O) groups is 1. The van der Waals surface area contributed by atoms with Crippen molar-refractivity contribution in [1.82, 2.24) is 15.1 Å². The van der Waals surface area contributed by atoms with Crippen LogP contribution in [0.5, 0.6) is 0 Å². The highest BCUT2D eigenvalue weighted by molar-refractivity contribution is 5.78. The minimum absolute atomic E-state index is 0.00646. The van der Waals surface area contributed by atoms with Crippen LogP contribution in [0.1, 0.15) is 16.8 Å². The van der Waals surface area contributed by atoms with Gasteiger partial charge in [-0.15, -0.1) is 0 Å². The molecule has 0 aliphatic carbocycles. The number of rotatable bonds is 4. The van der Waals surface area contributed by atoms with Gasteiger partial charge >= 0.3 is 0 Å². The third-order valence-corrected chi connectivity index (χ3v) is 3.16. The number of aryl methyl sites for hydroxylation is 1. The van der Waals surface area contributed by atoms with E-state index in [-0.39, 0.29) is 5.91 Å². The summed E-state index contributed by atoms with van der Waals surface area (Å²) in [6.45, 7) is 2.49. The molecule has 2 rings (SSSR count). The lowest BCUT2D eigenvalue weighted by Crippen LogP contribution is -2.24. The molecule has 1 aromatic carbocycles. The van der Waals surface area contributed by atoms with Gasteiger partial charge in [-0.1, -0.05) is 12.1 Å². The summed E-state index contributed by atoms with van der Waals surface area (Å²) in [5, 5.41) is 7.03. The number of nitrogens with one attached hydrogen (secondary N) is 1. The minimum atomic E-state index is -0.00646. The van der Waals surface area contributed by atoms with Gasteiger partial charge in [0, 0.05) is 30.5 Å². The third-order valence-electron chi connectivity index (χ3n) is 3.16. The first-order valence-corrected chi connectivity index (χ1v) is 6.15. The van der Waals surface area contributed by atoms with E-state index in [1.807, 2.05) is 26.1 Å². The molecule has 0 aliphatic heterocycles. The second kappa shape index (κ2) is 5.56. The Bertz CT molecular complexity index is 572. The van der Waals surface area contributed by atoms with Gasteiger partial charge in [0.15, 0.2) is 0 Å². The molecule has 0 spiro atoms. The predicted octanol–water partition coefficient (Wildman–Crippen LogP) is 1.17. The van der Waals surface area contributed by atoms with Crippen LogP contribution in [0.15, 0.2) is 30.5 Å². The molecule has 100 valence electrons. The molecule has 0 unspecified atom stereocenters. The maximum atomic E-state index is 11.8. The van der Waals surface area contributed by atoms with E-state index in [0.717, 1.165) is 16.8 Å². The number of anilines is 1. The quantitative estimate of drug-likeness (QED) is 0.808. The van der Waals surface area contributed by atoms with Crippen molar-refractivity contribution in [1.29, 1.82) is 0 Å². The van der Waals surface area contributed by atoms with E-state index in [1.54, 1.807) is 23.0 Å². The zero-order valence-electron chi connectivity index (χ0n) is 11.2. The number of aromatic nitrogens is 2. The second-order valence-electron chi connectivity index (χ2n) is 4.57. The molecule has 2 aromatic rings. The smallest absolute Gasteiger partial charge is 0.224 e. The molecule has 0 bridgehead atoms. The molecule has 1 aromatic heterocycles. The molecular formula is C14H18N4O. The molecule has 0 saturated heterocycles. The Balaban J connectivity index is 1.88. The molecule has 1 amide bonds. The van der Waals surface area contributed by atoms with E-state index in [1.165, 1.54) is 0 Å². The summed E-state index contributed by atoms with van der Waals surface area (Å²) >= 11 is 0. The van der Waals surface area contributed by atoms with Crippen LogP contribution in [0, 0.1) is 6.92 Å². The van der Waals surface area contributed by atoms with Crippen molar-refractivity contribution in [3.8, 4) is 0 Å². The van der Waals surface area contributed by atoms with Crippen molar-refractivity contribution in [2.45, 2.75) is 19.9 Å². The Morgan fingerprint density at radius 2 is 2.05 bits per heavy atom. The lowest BCUT2D eigenvalue weighted by Gasteiger charge is -2.05. The fraction of sp³-hybridized carbons (Fsp3) is 0.286. The topological polar surface area (TPSA) is 72.9 Å². The van der Waals surface area contributed by atoms with E-state index in [9.17, 15) is 4.79 Å². The molecule has 19 heavy (non-hydrogen) atoms. The SMILES string of the molecule is Cc1c(CNC(=O)Cc2ccc(N)cc2)cnn1C. The number of amides is 1. The van der Waals surface area contributed by atoms with Crippen molar-refractivity contribution in [2.75, 3.05) is 5.73 Å². The Kier molecular flexibility index (Phi) is 3.85. The summed E-state index contributed by atoms with van der Waals surface area (Å²) < 4.78 is 1.79. The second-order valence-corrected chi connectivity index (χ2v) is 4.57. The zero-order chi connectivity index (χ0) is 13.8. The predicted molar refractivity (Wildman–Crippen MR) is 74.4 cm³/mol. The fourth-order valence-corrected chi connectivity index (χ4v) is 1.79. The third kappa shape index (κ3) is 3.34. The number of benzene rings is 1. The first-order chi connectivity index (χ1) is 9.06.